The lowest BCUT2D eigenvalue weighted by Gasteiger charge is -2.10. The van der Waals surface area contributed by atoms with Crippen molar-refractivity contribution in [2.45, 2.75) is 6.61 Å². The number of hydrogen-bond acceptors (Lipinski definition) is 6. The van der Waals surface area contributed by atoms with E-state index in [1.807, 2.05) is 16.8 Å². The van der Waals surface area contributed by atoms with Gasteiger partial charge in [0.1, 0.15) is 0 Å². The zero-order valence-corrected chi connectivity index (χ0v) is 13.2. The van der Waals surface area contributed by atoms with Crippen LogP contribution < -0.4 is 9.47 Å². The van der Waals surface area contributed by atoms with Gasteiger partial charge in [-0.1, -0.05) is 0 Å². The molecule has 3 rings (SSSR count). The van der Waals surface area contributed by atoms with E-state index in [1.54, 1.807) is 6.08 Å². The van der Waals surface area contributed by atoms with Gasteiger partial charge in [-0.3, -0.25) is 0 Å². The van der Waals surface area contributed by atoms with E-state index in [9.17, 15) is 13.6 Å². The summed E-state index contributed by atoms with van der Waals surface area (Å²) in [6.07, 6.45) is 1.61. The van der Waals surface area contributed by atoms with Gasteiger partial charge < -0.3 is 14.2 Å². The smallest absolute Gasteiger partial charge is 0.387 e. The van der Waals surface area contributed by atoms with Crippen molar-refractivity contribution in [3.63, 3.8) is 0 Å². The first-order valence-electron chi connectivity index (χ1n) is 6.75. The number of methoxy groups -OCH3 is 1. The molecule has 0 fully saturated rings. The lowest BCUT2D eigenvalue weighted by Crippen LogP contribution is -2.07. The van der Waals surface area contributed by atoms with Gasteiger partial charge >= 0.3 is 12.6 Å². The number of hydrogen-bond donors (Lipinski definition) is 0. The third kappa shape index (κ3) is 3.43. The molecular formula is C16H11F2NO4S. The molecule has 0 N–H and O–H groups in total. The van der Waals surface area contributed by atoms with Crippen molar-refractivity contribution in [2.75, 3.05) is 7.11 Å². The van der Waals surface area contributed by atoms with Crippen LogP contribution in [0.2, 0.25) is 0 Å². The number of rotatable bonds is 5. The van der Waals surface area contributed by atoms with Crippen molar-refractivity contribution in [1.82, 2.24) is 0 Å². The standard InChI is InChI=1S/C16H11F2NO4S/c1-21-13-7-10(2-3-12(13)22-16(17)18)14-19-11(15(20)23-14)6-9-4-5-24-8-9/h2-8,16H,1H3/b11-6-. The number of carbonyl (C=O) groups excluding carboxylic acids is 1. The van der Waals surface area contributed by atoms with Gasteiger partial charge in [0.15, 0.2) is 17.2 Å². The zero-order chi connectivity index (χ0) is 17.1. The van der Waals surface area contributed by atoms with Crippen LogP contribution in [-0.2, 0) is 9.53 Å². The first-order valence-corrected chi connectivity index (χ1v) is 7.69. The molecule has 124 valence electrons. The molecule has 1 aromatic carbocycles. The number of cyclic esters (lactones) is 1. The average molecular weight is 351 g/mol. The van der Waals surface area contributed by atoms with Crippen molar-refractivity contribution in [2.24, 2.45) is 4.99 Å². The summed E-state index contributed by atoms with van der Waals surface area (Å²) < 4.78 is 39.2. The van der Waals surface area contributed by atoms with Crippen LogP contribution >= 0.6 is 11.3 Å². The molecule has 24 heavy (non-hydrogen) atoms. The van der Waals surface area contributed by atoms with Crippen molar-refractivity contribution >= 4 is 29.3 Å². The maximum Gasteiger partial charge on any atom is 0.387 e. The molecule has 1 aromatic heterocycles. The fraction of sp³-hybridized carbons (Fsp3) is 0.125. The Hall–Kier alpha value is -2.74. The van der Waals surface area contributed by atoms with Crippen LogP contribution in [0.4, 0.5) is 8.78 Å². The normalized spacial score (nSPS) is 15.6. The Labute approximate surface area is 139 Å². The number of thiophene rings is 1. The largest absolute Gasteiger partial charge is 0.493 e. The Balaban J connectivity index is 1.90. The summed E-state index contributed by atoms with van der Waals surface area (Å²) in [5.41, 5.74) is 1.42. The van der Waals surface area contributed by atoms with E-state index < -0.39 is 12.6 Å². The number of alkyl halides is 2. The Bertz CT molecular complexity index is 815. The maximum atomic E-state index is 12.3. The minimum Gasteiger partial charge on any atom is -0.493 e. The van der Waals surface area contributed by atoms with Gasteiger partial charge in [-0.2, -0.15) is 20.1 Å². The van der Waals surface area contributed by atoms with Crippen molar-refractivity contribution < 1.29 is 27.8 Å². The van der Waals surface area contributed by atoms with E-state index in [4.69, 9.17) is 9.47 Å². The predicted octanol–water partition coefficient (Wildman–Crippen LogP) is 3.70. The molecule has 0 atom stereocenters. The van der Waals surface area contributed by atoms with Gasteiger partial charge in [-0.05, 0) is 46.7 Å². The molecule has 0 aliphatic carbocycles. The summed E-state index contributed by atoms with van der Waals surface area (Å²) >= 11 is 1.50. The first-order chi connectivity index (χ1) is 11.6. The molecule has 0 saturated carbocycles. The number of benzene rings is 1. The van der Waals surface area contributed by atoms with Crippen LogP contribution in [0.15, 0.2) is 45.7 Å². The fourth-order valence-electron chi connectivity index (χ4n) is 2.04. The summed E-state index contributed by atoms with van der Waals surface area (Å²) in [7, 11) is 1.32. The molecule has 0 saturated heterocycles. The first kappa shape index (κ1) is 16.1. The highest BCUT2D eigenvalue weighted by molar-refractivity contribution is 7.08. The molecule has 0 radical (unpaired) electrons. The molecule has 8 heteroatoms. The monoisotopic (exact) mass is 351 g/mol. The predicted molar refractivity (Wildman–Crippen MR) is 84.6 cm³/mol. The highest BCUT2D eigenvalue weighted by Gasteiger charge is 2.25. The van der Waals surface area contributed by atoms with Crippen molar-refractivity contribution in [3.05, 3.63) is 51.8 Å². The Morgan fingerprint density at radius 1 is 1.29 bits per heavy atom. The molecule has 0 unspecified atom stereocenters. The van der Waals surface area contributed by atoms with Crippen LogP contribution in [-0.4, -0.2) is 25.6 Å². The van der Waals surface area contributed by atoms with Gasteiger partial charge in [0.05, 0.1) is 7.11 Å². The lowest BCUT2D eigenvalue weighted by atomic mass is 10.2. The number of carbonyl (C=O) groups is 1. The molecule has 0 bridgehead atoms. The molecule has 1 aliphatic heterocycles. The number of ether oxygens (including phenoxy) is 3. The lowest BCUT2D eigenvalue weighted by molar-refractivity contribution is -0.129. The minimum absolute atomic E-state index is 0.0726. The van der Waals surface area contributed by atoms with Crippen LogP contribution in [0.5, 0.6) is 11.5 Å². The van der Waals surface area contributed by atoms with E-state index in [1.165, 1.54) is 36.6 Å². The summed E-state index contributed by atoms with van der Waals surface area (Å²) in [5.74, 6) is -0.538. The second-order valence-electron chi connectivity index (χ2n) is 4.64. The maximum absolute atomic E-state index is 12.3. The van der Waals surface area contributed by atoms with Crippen molar-refractivity contribution in [3.8, 4) is 11.5 Å². The third-order valence-corrected chi connectivity index (χ3v) is 3.80. The molecule has 5 nitrogen and oxygen atoms in total. The Kier molecular flexibility index (Phi) is 4.57. The molecule has 0 amide bonds. The number of aliphatic imine (C=N–C) groups is 1. The Morgan fingerprint density at radius 3 is 2.79 bits per heavy atom. The van der Waals surface area contributed by atoms with Crippen LogP contribution in [0, 0.1) is 0 Å². The second-order valence-corrected chi connectivity index (χ2v) is 5.42. The Morgan fingerprint density at radius 2 is 2.12 bits per heavy atom. The molecular weight excluding hydrogens is 340 g/mol. The zero-order valence-electron chi connectivity index (χ0n) is 12.4. The summed E-state index contributed by atoms with van der Waals surface area (Å²) in [5, 5.41) is 3.75. The van der Waals surface area contributed by atoms with E-state index >= 15 is 0 Å². The molecule has 2 heterocycles. The summed E-state index contributed by atoms with van der Waals surface area (Å²) in [6, 6.07) is 6.02. The average Bonchev–Trinajstić information content (AvgIpc) is 3.18. The van der Waals surface area contributed by atoms with Crippen molar-refractivity contribution in [1.29, 1.82) is 0 Å². The van der Waals surface area contributed by atoms with E-state index in [0.717, 1.165) is 5.56 Å². The van der Waals surface area contributed by atoms with E-state index in [2.05, 4.69) is 9.73 Å². The van der Waals surface area contributed by atoms with Crippen LogP contribution in [0.3, 0.4) is 0 Å². The second kappa shape index (κ2) is 6.79. The van der Waals surface area contributed by atoms with Gasteiger partial charge in [-0.25, -0.2) is 9.79 Å². The van der Waals surface area contributed by atoms with Crippen LogP contribution in [0.1, 0.15) is 11.1 Å². The summed E-state index contributed by atoms with van der Waals surface area (Å²) in [4.78, 5) is 16.0. The van der Waals surface area contributed by atoms with Crippen LogP contribution in [0.25, 0.3) is 6.08 Å². The third-order valence-electron chi connectivity index (χ3n) is 3.09. The van der Waals surface area contributed by atoms with Gasteiger partial charge in [0.2, 0.25) is 5.90 Å². The SMILES string of the molecule is COc1cc(C2=N/C(=C\c3ccsc3)C(=O)O2)ccc1OC(F)F. The number of halogens is 2. The molecule has 0 spiro atoms. The van der Waals surface area contributed by atoms with Gasteiger partial charge in [-0.15, -0.1) is 0 Å². The topological polar surface area (TPSA) is 57.1 Å². The van der Waals surface area contributed by atoms with E-state index in [-0.39, 0.29) is 23.1 Å². The number of esters is 1. The van der Waals surface area contributed by atoms with Gasteiger partial charge in [0, 0.05) is 5.56 Å². The fourth-order valence-corrected chi connectivity index (χ4v) is 2.66. The van der Waals surface area contributed by atoms with E-state index in [0.29, 0.717) is 5.56 Å². The highest BCUT2D eigenvalue weighted by Crippen LogP contribution is 2.31. The quantitative estimate of drug-likeness (QED) is 0.609. The highest BCUT2D eigenvalue weighted by atomic mass is 32.1. The summed E-state index contributed by atoms with van der Waals surface area (Å²) in [6.45, 7) is -2.97. The molecule has 2 aromatic rings. The minimum atomic E-state index is -2.97. The van der Waals surface area contributed by atoms with Gasteiger partial charge in [0.25, 0.3) is 0 Å². The number of nitrogens with zero attached hydrogens (tertiary/aromatic N) is 1. The molecule has 1 aliphatic rings.